The number of carbonyl (C=O) groups excluding carboxylic acids is 1. The summed E-state index contributed by atoms with van der Waals surface area (Å²) in [5.41, 5.74) is 0.716. The maximum atomic E-state index is 11.9. The van der Waals surface area contributed by atoms with Crippen LogP contribution in [0.4, 0.5) is 5.69 Å². The summed E-state index contributed by atoms with van der Waals surface area (Å²) in [6.07, 6.45) is 4.91. The molecule has 0 saturated heterocycles. The van der Waals surface area contributed by atoms with E-state index in [1.165, 1.54) is 30.3 Å². The van der Waals surface area contributed by atoms with Crippen molar-refractivity contribution in [3.63, 3.8) is 0 Å². The summed E-state index contributed by atoms with van der Waals surface area (Å²) in [5.74, 6) is 0.375. The van der Waals surface area contributed by atoms with Crippen molar-refractivity contribution in [1.29, 1.82) is 0 Å². The van der Waals surface area contributed by atoms with E-state index in [0.717, 1.165) is 18.4 Å². The van der Waals surface area contributed by atoms with Gasteiger partial charge >= 0.3 is 5.97 Å². The Morgan fingerprint density at radius 3 is 2.56 bits per heavy atom. The molecule has 0 aromatic heterocycles. The van der Waals surface area contributed by atoms with Crippen molar-refractivity contribution in [1.82, 2.24) is 0 Å². The van der Waals surface area contributed by atoms with E-state index in [4.69, 9.17) is 9.47 Å². The van der Waals surface area contributed by atoms with Gasteiger partial charge in [-0.25, -0.2) is 4.79 Å². The van der Waals surface area contributed by atoms with Crippen molar-refractivity contribution in [2.24, 2.45) is 0 Å². The van der Waals surface area contributed by atoms with E-state index in [2.05, 4.69) is 6.92 Å². The molecule has 25 heavy (non-hydrogen) atoms. The highest BCUT2D eigenvalue weighted by Gasteiger charge is 2.07. The average Bonchev–Trinajstić information content (AvgIpc) is 2.61. The fraction of sp³-hybridized carbons (Fsp3) is 0.211. The van der Waals surface area contributed by atoms with E-state index in [1.54, 1.807) is 6.08 Å². The Morgan fingerprint density at radius 2 is 1.88 bits per heavy atom. The number of carbonyl (C=O) groups is 1. The van der Waals surface area contributed by atoms with Crippen molar-refractivity contribution in [2.45, 2.75) is 19.8 Å². The molecule has 6 heteroatoms. The molecule has 0 aliphatic heterocycles. The van der Waals surface area contributed by atoms with Gasteiger partial charge in [-0.1, -0.05) is 31.5 Å². The van der Waals surface area contributed by atoms with E-state index in [1.807, 2.05) is 24.3 Å². The lowest BCUT2D eigenvalue weighted by Crippen LogP contribution is -2.04. The number of benzene rings is 2. The zero-order valence-electron chi connectivity index (χ0n) is 13.9. The summed E-state index contributed by atoms with van der Waals surface area (Å²) in [7, 11) is 0. The molecule has 0 atom stereocenters. The molecule has 6 nitrogen and oxygen atoms in total. The van der Waals surface area contributed by atoms with Crippen LogP contribution in [0.2, 0.25) is 0 Å². The number of non-ortho nitro benzene ring substituents is 1. The van der Waals surface area contributed by atoms with Gasteiger partial charge < -0.3 is 9.47 Å². The first-order chi connectivity index (χ1) is 12.1. The standard InChI is InChI=1S/C19H19NO5/c1-2-3-14-24-18-7-5-4-6-15(18)8-13-19(21)25-17-11-9-16(10-12-17)20(22)23/h4-13H,2-3,14H2,1H3/b13-8+. The summed E-state index contributed by atoms with van der Waals surface area (Å²) in [6.45, 7) is 2.71. The molecule has 2 aromatic carbocycles. The van der Waals surface area contributed by atoms with Crippen LogP contribution in [0.3, 0.4) is 0 Å². The van der Waals surface area contributed by atoms with E-state index >= 15 is 0 Å². The van der Waals surface area contributed by atoms with Gasteiger partial charge in [0.1, 0.15) is 11.5 Å². The predicted molar refractivity (Wildman–Crippen MR) is 94.6 cm³/mol. The third-order valence-corrected chi connectivity index (χ3v) is 3.34. The molecule has 0 saturated carbocycles. The molecule has 0 aliphatic rings. The quantitative estimate of drug-likeness (QED) is 0.178. The van der Waals surface area contributed by atoms with Crippen LogP contribution in [-0.4, -0.2) is 17.5 Å². The lowest BCUT2D eigenvalue weighted by molar-refractivity contribution is -0.384. The number of unbranched alkanes of at least 4 members (excludes halogenated alkanes) is 1. The van der Waals surface area contributed by atoms with Crippen LogP contribution in [0.15, 0.2) is 54.6 Å². The second-order valence-corrected chi connectivity index (χ2v) is 5.25. The molecule has 0 N–H and O–H groups in total. The van der Waals surface area contributed by atoms with E-state index < -0.39 is 10.9 Å². The second-order valence-electron chi connectivity index (χ2n) is 5.25. The normalized spacial score (nSPS) is 10.6. The molecule has 0 fully saturated rings. The van der Waals surface area contributed by atoms with Gasteiger partial charge in [0.05, 0.1) is 11.5 Å². The minimum Gasteiger partial charge on any atom is -0.493 e. The minimum absolute atomic E-state index is 0.0616. The Labute approximate surface area is 145 Å². The highest BCUT2D eigenvalue weighted by atomic mass is 16.6. The number of hydrogen-bond donors (Lipinski definition) is 0. The van der Waals surface area contributed by atoms with Gasteiger partial charge in [-0.2, -0.15) is 0 Å². The van der Waals surface area contributed by atoms with Crippen LogP contribution in [0.1, 0.15) is 25.3 Å². The third-order valence-electron chi connectivity index (χ3n) is 3.34. The number of nitro benzene ring substituents is 1. The molecular weight excluding hydrogens is 322 g/mol. The maximum absolute atomic E-state index is 11.9. The Hall–Kier alpha value is -3.15. The molecule has 0 heterocycles. The van der Waals surface area contributed by atoms with Gasteiger partial charge in [0, 0.05) is 23.8 Å². The highest BCUT2D eigenvalue weighted by Crippen LogP contribution is 2.21. The second kappa shape index (κ2) is 9.22. The zero-order chi connectivity index (χ0) is 18.1. The van der Waals surface area contributed by atoms with Crippen LogP contribution >= 0.6 is 0 Å². The molecule has 0 amide bonds. The topological polar surface area (TPSA) is 78.7 Å². The number of rotatable bonds is 8. The van der Waals surface area contributed by atoms with Gasteiger partial charge in [-0.3, -0.25) is 10.1 Å². The van der Waals surface area contributed by atoms with Crippen molar-refractivity contribution >= 4 is 17.7 Å². The largest absolute Gasteiger partial charge is 0.493 e. The fourth-order valence-electron chi connectivity index (χ4n) is 2.02. The summed E-state index contributed by atoms with van der Waals surface area (Å²) in [4.78, 5) is 22.0. The van der Waals surface area contributed by atoms with E-state index in [0.29, 0.717) is 12.4 Å². The molecule has 2 rings (SSSR count). The molecule has 0 unspecified atom stereocenters. The Bertz CT molecular complexity index is 753. The van der Waals surface area contributed by atoms with Gasteiger partial charge in [0.2, 0.25) is 0 Å². The smallest absolute Gasteiger partial charge is 0.336 e. The van der Waals surface area contributed by atoms with E-state index in [-0.39, 0.29) is 11.4 Å². The van der Waals surface area contributed by atoms with Crippen LogP contribution in [0.25, 0.3) is 6.08 Å². The van der Waals surface area contributed by atoms with Crippen molar-refractivity contribution in [2.75, 3.05) is 6.61 Å². The number of esters is 1. The van der Waals surface area contributed by atoms with Gasteiger partial charge in [0.15, 0.2) is 0 Å². The number of para-hydroxylation sites is 1. The first-order valence-corrected chi connectivity index (χ1v) is 7.96. The first kappa shape index (κ1) is 18.2. The molecule has 0 spiro atoms. The maximum Gasteiger partial charge on any atom is 0.336 e. The van der Waals surface area contributed by atoms with Crippen LogP contribution in [-0.2, 0) is 4.79 Å². The molecule has 130 valence electrons. The molecule has 0 bridgehead atoms. The van der Waals surface area contributed by atoms with Gasteiger partial charge in [0.25, 0.3) is 5.69 Å². The lowest BCUT2D eigenvalue weighted by atomic mass is 10.2. The van der Waals surface area contributed by atoms with Crippen LogP contribution in [0, 0.1) is 10.1 Å². The van der Waals surface area contributed by atoms with Gasteiger partial charge in [-0.05, 0) is 30.7 Å². The van der Waals surface area contributed by atoms with Crippen LogP contribution in [0.5, 0.6) is 11.5 Å². The van der Waals surface area contributed by atoms with Crippen molar-refractivity contribution in [3.8, 4) is 11.5 Å². The Balaban J connectivity index is 1.99. The summed E-state index contributed by atoms with van der Waals surface area (Å²) < 4.78 is 10.8. The zero-order valence-corrected chi connectivity index (χ0v) is 13.9. The summed E-state index contributed by atoms with van der Waals surface area (Å²) in [6, 6.07) is 12.7. The monoisotopic (exact) mass is 341 g/mol. The number of nitrogens with zero attached hydrogens (tertiary/aromatic N) is 1. The van der Waals surface area contributed by atoms with Gasteiger partial charge in [-0.15, -0.1) is 0 Å². The minimum atomic E-state index is -0.572. The molecule has 0 aliphatic carbocycles. The predicted octanol–water partition coefficient (Wildman–Crippen LogP) is 4.39. The molecule has 0 radical (unpaired) electrons. The Morgan fingerprint density at radius 1 is 1.16 bits per heavy atom. The summed E-state index contributed by atoms with van der Waals surface area (Å²) >= 11 is 0. The number of ether oxygens (including phenoxy) is 2. The lowest BCUT2D eigenvalue weighted by Gasteiger charge is -2.08. The average molecular weight is 341 g/mol. The molecule has 2 aromatic rings. The highest BCUT2D eigenvalue weighted by molar-refractivity contribution is 5.89. The number of nitro groups is 1. The molecular formula is C19H19NO5. The Kier molecular flexibility index (Phi) is 6.71. The fourth-order valence-corrected chi connectivity index (χ4v) is 2.02. The van der Waals surface area contributed by atoms with E-state index in [9.17, 15) is 14.9 Å². The van der Waals surface area contributed by atoms with Crippen molar-refractivity contribution < 1.29 is 19.2 Å². The van der Waals surface area contributed by atoms with Crippen molar-refractivity contribution in [3.05, 3.63) is 70.3 Å². The first-order valence-electron chi connectivity index (χ1n) is 7.96. The van der Waals surface area contributed by atoms with Crippen LogP contribution < -0.4 is 9.47 Å². The SMILES string of the molecule is CCCCOc1ccccc1/C=C/C(=O)Oc1ccc([N+](=O)[O-])cc1. The third kappa shape index (κ3) is 5.76. The number of hydrogen-bond acceptors (Lipinski definition) is 5. The summed E-state index contributed by atoms with van der Waals surface area (Å²) in [5, 5.41) is 10.6.